The number of nitrogens with zero attached hydrogens (tertiary/aromatic N) is 2. The first-order valence-electron chi connectivity index (χ1n) is 10.8. The van der Waals surface area contributed by atoms with Crippen LogP contribution in [0.5, 0.6) is 0 Å². The van der Waals surface area contributed by atoms with Crippen LogP contribution >= 0.6 is 0 Å². The fourth-order valence-corrected chi connectivity index (χ4v) is 4.01. The monoisotopic (exact) mass is 473 g/mol. The Hall–Kier alpha value is -3.82. The smallest absolute Gasteiger partial charge is 0.416 e. The van der Waals surface area contributed by atoms with Gasteiger partial charge in [-0.15, -0.1) is 0 Å². The van der Waals surface area contributed by atoms with Gasteiger partial charge in [0.05, 0.1) is 27.4 Å². The van der Waals surface area contributed by atoms with Crippen LogP contribution in [0.2, 0.25) is 0 Å². The number of rotatable bonds is 5. The molecule has 2 heterocycles. The minimum absolute atomic E-state index is 0.0287. The van der Waals surface area contributed by atoms with Crippen LogP contribution in [0.1, 0.15) is 40.9 Å². The maximum atomic E-state index is 13.3. The van der Waals surface area contributed by atoms with E-state index in [1.54, 1.807) is 13.0 Å². The molecule has 3 aromatic rings. The molecule has 4 rings (SSSR count). The Kier molecular flexibility index (Phi) is 6.32. The van der Waals surface area contributed by atoms with Gasteiger partial charge in [-0.05, 0) is 68.1 Å². The molecular weight excluding hydrogens is 451 g/mol. The molecule has 2 aromatic carbocycles. The fraction of sp³-hybridized carbons (Fsp3) is 0.292. The summed E-state index contributed by atoms with van der Waals surface area (Å²) in [7, 11) is 0. The quantitative estimate of drug-likeness (QED) is 0.341. The molecule has 1 aliphatic heterocycles. The maximum Gasteiger partial charge on any atom is 0.416 e. The second-order valence-corrected chi connectivity index (χ2v) is 8.17. The zero-order valence-corrected chi connectivity index (χ0v) is 18.3. The second-order valence-electron chi connectivity index (χ2n) is 8.17. The molecule has 0 atom stereocenters. The lowest BCUT2D eigenvalue weighted by Gasteiger charge is -2.31. The van der Waals surface area contributed by atoms with Crippen molar-refractivity contribution in [2.24, 2.45) is 0 Å². The standard InChI is InChI=1S/C24H22F3N3O4/c1-15-5-7-17(20(13-15)30(32)33)21-9-10-22(34-21)23(31)28-18-14-16(24(25,26)27)6-8-19(18)29-11-3-2-4-12-29/h5-10,13-14H,2-4,11-12H2,1H3,(H,28,31). The highest BCUT2D eigenvalue weighted by molar-refractivity contribution is 6.04. The van der Waals surface area contributed by atoms with Gasteiger partial charge in [0.15, 0.2) is 5.76 Å². The van der Waals surface area contributed by atoms with E-state index in [0.717, 1.165) is 31.4 Å². The van der Waals surface area contributed by atoms with E-state index in [-0.39, 0.29) is 28.5 Å². The van der Waals surface area contributed by atoms with Crippen molar-refractivity contribution in [1.82, 2.24) is 0 Å². The number of aryl methyl sites for hydroxylation is 1. The molecule has 7 nitrogen and oxygen atoms in total. The van der Waals surface area contributed by atoms with Crippen LogP contribution in [0.4, 0.5) is 30.2 Å². The van der Waals surface area contributed by atoms with Gasteiger partial charge in [0.1, 0.15) is 5.76 Å². The van der Waals surface area contributed by atoms with Gasteiger partial charge in [0, 0.05) is 19.2 Å². The van der Waals surface area contributed by atoms with E-state index in [1.165, 1.54) is 30.3 Å². The van der Waals surface area contributed by atoms with Gasteiger partial charge in [0.25, 0.3) is 11.6 Å². The van der Waals surface area contributed by atoms with Crippen LogP contribution in [-0.4, -0.2) is 23.9 Å². The van der Waals surface area contributed by atoms with Crippen molar-refractivity contribution in [3.8, 4) is 11.3 Å². The van der Waals surface area contributed by atoms with Crippen molar-refractivity contribution in [2.45, 2.75) is 32.4 Å². The summed E-state index contributed by atoms with van der Waals surface area (Å²) < 4.78 is 45.5. The van der Waals surface area contributed by atoms with E-state index in [0.29, 0.717) is 24.3 Å². The van der Waals surface area contributed by atoms with Gasteiger partial charge in [0.2, 0.25) is 0 Å². The SMILES string of the molecule is Cc1ccc(-c2ccc(C(=O)Nc3cc(C(F)(F)F)ccc3N3CCCCC3)o2)c([N+](=O)[O-])c1. The van der Waals surface area contributed by atoms with Crippen molar-refractivity contribution in [3.05, 3.63) is 75.5 Å². The number of hydrogen-bond donors (Lipinski definition) is 1. The molecule has 178 valence electrons. The number of carbonyl (C=O) groups is 1. The van der Waals surface area contributed by atoms with Crippen molar-refractivity contribution >= 4 is 23.0 Å². The number of anilines is 2. The van der Waals surface area contributed by atoms with Gasteiger partial charge >= 0.3 is 6.18 Å². The first-order valence-corrected chi connectivity index (χ1v) is 10.8. The van der Waals surface area contributed by atoms with Crippen LogP contribution in [0, 0.1) is 17.0 Å². The van der Waals surface area contributed by atoms with Crippen molar-refractivity contribution < 1.29 is 27.3 Å². The molecule has 1 aliphatic rings. The number of hydrogen-bond acceptors (Lipinski definition) is 5. The van der Waals surface area contributed by atoms with Crippen LogP contribution in [0.15, 0.2) is 52.9 Å². The molecule has 0 unspecified atom stereocenters. The van der Waals surface area contributed by atoms with E-state index in [9.17, 15) is 28.1 Å². The molecule has 1 aromatic heterocycles. The average molecular weight is 473 g/mol. The lowest BCUT2D eigenvalue weighted by molar-refractivity contribution is -0.384. The van der Waals surface area contributed by atoms with E-state index >= 15 is 0 Å². The molecular formula is C24H22F3N3O4. The Morgan fingerprint density at radius 1 is 1.06 bits per heavy atom. The topological polar surface area (TPSA) is 88.6 Å². The first-order chi connectivity index (χ1) is 16.1. The molecule has 0 radical (unpaired) electrons. The van der Waals surface area contributed by atoms with E-state index in [2.05, 4.69) is 5.32 Å². The van der Waals surface area contributed by atoms with Crippen molar-refractivity contribution in [1.29, 1.82) is 0 Å². The Morgan fingerprint density at radius 2 is 1.79 bits per heavy atom. The summed E-state index contributed by atoms with van der Waals surface area (Å²) in [4.78, 5) is 25.7. The molecule has 1 saturated heterocycles. The van der Waals surface area contributed by atoms with Gasteiger partial charge in [-0.25, -0.2) is 0 Å². The summed E-state index contributed by atoms with van der Waals surface area (Å²) in [5.74, 6) is -0.817. The van der Waals surface area contributed by atoms with E-state index in [1.807, 2.05) is 4.90 Å². The van der Waals surface area contributed by atoms with Gasteiger partial charge in [-0.3, -0.25) is 14.9 Å². The Bertz CT molecular complexity index is 1230. The number of alkyl halides is 3. The van der Waals surface area contributed by atoms with Crippen molar-refractivity contribution in [3.63, 3.8) is 0 Å². The predicted octanol–water partition coefficient (Wildman–Crippen LogP) is 6.42. The number of nitrogens with one attached hydrogen (secondary N) is 1. The normalized spacial score (nSPS) is 14.2. The van der Waals surface area contributed by atoms with E-state index in [4.69, 9.17) is 4.42 Å². The van der Waals surface area contributed by atoms with Crippen LogP contribution < -0.4 is 10.2 Å². The Labute approximate surface area is 193 Å². The highest BCUT2D eigenvalue weighted by Crippen LogP contribution is 2.37. The highest BCUT2D eigenvalue weighted by atomic mass is 19.4. The summed E-state index contributed by atoms with van der Waals surface area (Å²) in [5.41, 5.74) is 0.367. The van der Waals surface area contributed by atoms with E-state index < -0.39 is 22.6 Å². The number of carbonyl (C=O) groups excluding carboxylic acids is 1. The predicted molar refractivity (Wildman–Crippen MR) is 121 cm³/mol. The average Bonchev–Trinajstić information content (AvgIpc) is 3.29. The molecule has 0 spiro atoms. The third-order valence-corrected chi connectivity index (χ3v) is 5.71. The molecule has 1 N–H and O–H groups in total. The summed E-state index contributed by atoms with van der Waals surface area (Å²) in [5, 5.41) is 14.0. The number of nitro benzene ring substituents is 1. The van der Waals surface area contributed by atoms with Gasteiger partial charge < -0.3 is 14.6 Å². The Balaban J connectivity index is 1.64. The third-order valence-electron chi connectivity index (χ3n) is 5.71. The maximum absolute atomic E-state index is 13.3. The molecule has 0 bridgehead atoms. The first kappa shape index (κ1) is 23.3. The molecule has 10 heteroatoms. The van der Waals surface area contributed by atoms with Crippen molar-refractivity contribution in [2.75, 3.05) is 23.3 Å². The summed E-state index contributed by atoms with van der Waals surface area (Å²) >= 11 is 0. The van der Waals surface area contributed by atoms with Crippen LogP contribution in [0.3, 0.4) is 0 Å². The zero-order chi connectivity index (χ0) is 24.5. The lowest BCUT2D eigenvalue weighted by Crippen LogP contribution is -2.30. The number of amides is 1. The lowest BCUT2D eigenvalue weighted by atomic mass is 10.1. The summed E-state index contributed by atoms with van der Waals surface area (Å²) in [6.45, 7) is 3.07. The van der Waals surface area contributed by atoms with Crippen LogP contribution in [-0.2, 0) is 6.18 Å². The molecule has 1 amide bonds. The molecule has 0 aliphatic carbocycles. The highest BCUT2D eigenvalue weighted by Gasteiger charge is 2.32. The number of piperidine rings is 1. The fourth-order valence-electron chi connectivity index (χ4n) is 4.01. The van der Waals surface area contributed by atoms with Gasteiger partial charge in [-0.2, -0.15) is 13.2 Å². The molecule has 0 saturated carbocycles. The van der Waals surface area contributed by atoms with Gasteiger partial charge in [-0.1, -0.05) is 6.07 Å². The third kappa shape index (κ3) is 4.90. The molecule has 1 fully saturated rings. The molecule has 34 heavy (non-hydrogen) atoms. The largest absolute Gasteiger partial charge is 0.451 e. The Morgan fingerprint density at radius 3 is 2.47 bits per heavy atom. The van der Waals surface area contributed by atoms with Crippen LogP contribution in [0.25, 0.3) is 11.3 Å². The number of nitro groups is 1. The summed E-state index contributed by atoms with van der Waals surface area (Å²) in [6, 6.07) is 10.6. The minimum atomic E-state index is -4.57. The minimum Gasteiger partial charge on any atom is -0.451 e. The zero-order valence-electron chi connectivity index (χ0n) is 18.3. The number of benzene rings is 2. The second kappa shape index (κ2) is 9.20. The number of halogens is 3. The summed E-state index contributed by atoms with van der Waals surface area (Å²) in [6.07, 6.45) is -1.71. The number of furan rings is 1.